The smallest absolute Gasteiger partial charge is 0.249 e. The molecule has 11 nitrogen and oxygen atoms in total. The average molecular weight is 1260 g/mol. The summed E-state index contributed by atoms with van der Waals surface area (Å²) in [7, 11) is 0. The van der Waals surface area contributed by atoms with Gasteiger partial charge in [-0.25, -0.2) is 0 Å². The number of aliphatic hydroxyl groups is 7. The maximum atomic E-state index is 13.3. The Bertz CT molecular complexity index is 1590. The summed E-state index contributed by atoms with van der Waals surface area (Å²) in [4.78, 5) is 13.3. The maximum absolute atomic E-state index is 13.3. The van der Waals surface area contributed by atoms with Crippen molar-refractivity contribution in [3.05, 3.63) is 48.6 Å². The highest BCUT2D eigenvalue weighted by molar-refractivity contribution is 5.80. The molecule has 1 rings (SSSR count). The minimum atomic E-state index is -1.67. The van der Waals surface area contributed by atoms with Gasteiger partial charge in [0.2, 0.25) is 5.91 Å². The first-order valence-corrected chi connectivity index (χ1v) is 38.5. The lowest BCUT2D eigenvalue weighted by Crippen LogP contribution is -2.60. The lowest BCUT2D eigenvalue weighted by molar-refractivity contribution is -0.303. The predicted octanol–water partition coefficient (Wildman–Crippen LogP) is 19.5. The molecule has 1 aliphatic rings. The Morgan fingerprint density at radius 3 is 1.07 bits per heavy atom. The Labute approximate surface area is 549 Å². The van der Waals surface area contributed by atoms with Crippen molar-refractivity contribution < 1.29 is 50.0 Å². The SMILES string of the molecule is CCCCCCCCCCC/C=C\C/C=C\CCCCCCCCCCCCCCCCC(O)C(=O)NC(COC1OC(CO)C(O)C(O)C1O)C(O)C(O)CCC/C=C/CC/C=C/CCCCCCCCCCCCCCCCCCCCCCCCC. The summed E-state index contributed by atoms with van der Waals surface area (Å²) in [5, 5.41) is 76.6. The zero-order valence-electron chi connectivity index (χ0n) is 58.2. The highest BCUT2D eigenvalue weighted by Gasteiger charge is 2.44. The first kappa shape index (κ1) is 85.1. The van der Waals surface area contributed by atoms with Crippen LogP contribution in [0.4, 0.5) is 0 Å². The molecule has 0 aromatic rings. The summed E-state index contributed by atoms with van der Waals surface area (Å²) >= 11 is 0. The Balaban J connectivity index is 2.19. The zero-order valence-corrected chi connectivity index (χ0v) is 58.2. The van der Waals surface area contributed by atoms with Crippen LogP contribution in [0.15, 0.2) is 48.6 Å². The summed E-state index contributed by atoms with van der Waals surface area (Å²) in [5.41, 5.74) is 0. The van der Waals surface area contributed by atoms with Gasteiger partial charge in [0.05, 0.1) is 25.4 Å². The van der Waals surface area contributed by atoms with Crippen LogP contribution < -0.4 is 5.32 Å². The van der Waals surface area contributed by atoms with Crippen molar-refractivity contribution in [2.24, 2.45) is 0 Å². The molecule has 1 aliphatic heterocycles. The molecule has 8 N–H and O–H groups in total. The van der Waals surface area contributed by atoms with E-state index in [2.05, 4.69) is 67.8 Å². The van der Waals surface area contributed by atoms with Gasteiger partial charge in [0.15, 0.2) is 6.29 Å². The van der Waals surface area contributed by atoms with Gasteiger partial charge in [-0.15, -0.1) is 0 Å². The van der Waals surface area contributed by atoms with Crippen molar-refractivity contribution in [1.29, 1.82) is 0 Å². The Hall–Kier alpha value is -1.93. The monoisotopic (exact) mass is 1260 g/mol. The molecule has 1 saturated heterocycles. The number of carbonyl (C=O) groups is 1. The van der Waals surface area contributed by atoms with E-state index in [4.69, 9.17) is 9.47 Å². The van der Waals surface area contributed by atoms with Gasteiger partial charge < -0.3 is 50.5 Å². The van der Waals surface area contributed by atoms with Crippen molar-refractivity contribution in [3.8, 4) is 0 Å². The molecule has 0 aromatic heterocycles. The first-order valence-electron chi connectivity index (χ1n) is 38.5. The normalized spacial score (nSPS) is 18.8. The fourth-order valence-corrected chi connectivity index (χ4v) is 12.4. The van der Waals surface area contributed by atoms with E-state index in [1.54, 1.807) is 0 Å². The Morgan fingerprint density at radius 1 is 0.393 bits per heavy atom. The summed E-state index contributed by atoms with van der Waals surface area (Å²) in [5.74, 6) is -0.706. The standard InChI is InChI=1S/C78H147NO10/c1-3-5-7-9-11-13-15-17-19-21-23-25-27-29-31-33-35-36-38-39-41-43-45-47-49-51-53-55-57-59-61-63-65-70(81)73(83)69(68-88-78-76(86)75(85)74(84)72(67-80)89-78)79-77(87)71(82)66-64-62-60-58-56-54-52-50-48-46-44-42-40-37-34-32-30-28-26-24-22-20-18-16-14-12-10-8-6-4-2/h24,26,30,32,49,51,57,59,69-76,78,80-86H,3-23,25,27-29,31,33-48,50,52-56,58,60-68H2,1-2H3,(H,79,87)/b26-24-,32-30-,51-49+,59-57+. The van der Waals surface area contributed by atoms with E-state index in [1.807, 2.05) is 0 Å². The van der Waals surface area contributed by atoms with E-state index >= 15 is 0 Å². The molecule has 1 fully saturated rings. The van der Waals surface area contributed by atoms with E-state index < -0.39 is 74.2 Å². The second kappa shape index (κ2) is 66.1. The molecule has 89 heavy (non-hydrogen) atoms. The van der Waals surface area contributed by atoms with E-state index in [0.717, 1.165) is 44.9 Å². The van der Waals surface area contributed by atoms with Crippen molar-refractivity contribution in [2.45, 2.75) is 428 Å². The maximum Gasteiger partial charge on any atom is 0.249 e. The summed E-state index contributed by atoms with van der Waals surface area (Å²) in [6, 6.07) is -1.19. The second-order valence-corrected chi connectivity index (χ2v) is 27.1. The number of unbranched alkanes of at least 4 members (excludes halogenated alkanes) is 48. The van der Waals surface area contributed by atoms with Crippen molar-refractivity contribution in [1.82, 2.24) is 5.32 Å². The minimum Gasteiger partial charge on any atom is -0.394 e. The molecule has 524 valence electrons. The van der Waals surface area contributed by atoms with E-state index in [1.165, 1.54) is 283 Å². The van der Waals surface area contributed by atoms with Crippen LogP contribution in [-0.2, 0) is 14.3 Å². The molecule has 0 bridgehead atoms. The van der Waals surface area contributed by atoms with Crippen LogP contribution >= 0.6 is 0 Å². The van der Waals surface area contributed by atoms with Crippen LogP contribution in [-0.4, -0.2) is 110 Å². The number of nitrogens with one attached hydrogen (secondary N) is 1. The van der Waals surface area contributed by atoms with Crippen molar-refractivity contribution >= 4 is 5.91 Å². The third kappa shape index (κ3) is 53.1. The highest BCUT2D eigenvalue weighted by atomic mass is 16.7. The molecule has 0 saturated carbocycles. The van der Waals surface area contributed by atoms with E-state index in [-0.39, 0.29) is 12.8 Å². The molecule has 9 atom stereocenters. The summed E-state index contributed by atoms with van der Waals surface area (Å²) < 4.78 is 11.2. The number of allylic oxidation sites excluding steroid dienone is 8. The second-order valence-electron chi connectivity index (χ2n) is 27.1. The van der Waals surface area contributed by atoms with Crippen LogP contribution in [0.5, 0.6) is 0 Å². The lowest BCUT2D eigenvalue weighted by atomic mass is 9.98. The molecule has 0 aliphatic carbocycles. The van der Waals surface area contributed by atoms with Gasteiger partial charge in [-0.2, -0.15) is 0 Å². The van der Waals surface area contributed by atoms with E-state index in [9.17, 15) is 40.5 Å². The average Bonchev–Trinajstić information content (AvgIpc) is 3.68. The number of rotatable bonds is 68. The quantitative estimate of drug-likeness (QED) is 0.0215. The van der Waals surface area contributed by atoms with Crippen LogP contribution in [0.3, 0.4) is 0 Å². The fourth-order valence-electron chi connectivity index (χ4n) is 12.4. The topological polar surface area (TPSA) is 189 Å². The number of hydrogen-bond acceptors (Lipinski definition) is 10. The number of aliphatic hydroxyl groups excluding tert-OH is 7. The minimum absolute atomic E-state index is 0.247. The molecular weight excluding hydrogens is 1110 g/mol. The van der Waals surface area contributed by atoms with Gasteiger partial charge in [-0.1, -0.05) is 339 Å². The molecule has 1 heterocycles. The molecular formula is C78H147NO10. The first-order chi connectivity index (χ1) is 43.7. The number of hydrogen-bond donors (Lipinski definition) is 8. The molecule has 0 spiro atoms. The van der Waals surface area contributed by atoms with Gasteiger partial charge in [0, 0.05) is 0 Å². The van der Waals surface area contributed by atoms with Crippen LogP contribution in [0.1, 0.15) is 373 Å². The van der Waals surface area contributed by atoms with Crippen LogP contribution in [0.2, 0.25) is 0 Å². The van der Waals surface area contributed by atoms with Gasteiger partial charge in [-0.05, 0) is 83.5 Å². The van der Waals surface area contributed by atoms with Gasteiger partial charge in [0.25, 0.3) is 0 Å². The Morgan fingerprint density at radius 2 is 0.708 bits per heavy atom. The van der Waals surface area contributed by atoms with Crippen molar-refractivity contribution in [3.63, 3.8) is 0 Å². The molecule has 0 radical (unpaired) electrons. The molecule has 9 unspecified atom stereocenters. The fraction of sp³-hybridized carbons (Fsp3) is 0.885. The number of amides is 1. The summed E-state index contributed by atoms with van der Waals surface area (Å²) in [6.45, 7) is 3.49. The third-order valence-corrected chi connectivity index (χ3v) is 18.6. The predicted molar refractivity (Wildman–Crippen MR) is 376 cm³/mol. The van der Waals surface area contributed by atoms with Crippen molar-refractivity contribution in [2.75, 3.05) is 13.2 Å². The number of ether oxygens (including phenoxy) is 2. The number of carbonyl (C=O) groups excluding carboxylic acids is 1. The lowest BCUT2D eigenvalue weighted by Gasteiger charge is -2.40. The molecule has 0 aromatic carbocycles. The van der Waals surface area contributed by atoms with Gasteiger partial charge >= 0.3 is 0 Å². The molecule has 1 amide bonds. The third-order valence-electron chi connectivity index (χ3n) is 18.6. The largest absolute Gasteiger partial charge is 0.394 e. The zero-order chi connectivity index (χ0) is 64.6. The molecule has 11 heteroatoms. The highest BCUT2D eigenvalue weighted by Crippen LogP contribution is 2.24. The summed E-state index contributed by atoms with van der Waals surface area (Å²) in [6.07, 6.45) is 76.5. The van der Waals surface area contributed by atoms with E-state index in [0.29, 0.717) is 19.3 Å². The van der Waals surface area contributed by atoms with Gasteiger partial charge in [-0.3, -0.25) is 4.79 Å². The van der Waals surface area contributed by atoms with Gasteiger partial charge in [0.1, 0.15) is 36.6 Å². The Kier molecular flexibility index (Phi) is 63.2. The van der Waals surface area contributed by atoms with Crippen LogP contribution in [0.25, 0.3) is 0 Å². The van der Waals surface area contributed by atoms with Crippen LogP contribution in [0, 0.1) is 0 Å².